The Balaban J connectivity index is 2.72. The van der Waals surface area contributed by atoms with Crippen molar-refractivity contribution in [1.29, 1.82) is 0 Å². The SMILES string of the molecule is CC(C)CC(CNS(=O)(=O)c1ccc(OCC(F)F)cc1)C(=O)O. The van der Waals surface area contributed by atoms with Gasteiger partial charge in [-0.15, -0.1) is 0 Å². The highest BCUT2D eigenvalue weighted by Crippen LogP contribution is 2.17. The summed E-state index contributed by atoms with van der Waals surface area (Å²) in [7, 11) is -3.89. The van der Waals surface area contributed by atoms with Gasteiger partial charge in [-0.2, -0.15) is 0 Å². The lowest BCUT2D eigenvalue weighted by Crippen LogP contribution is -2.33. The first kappa shape index (κ1) is 20.3. The molecule has 0 amide bonds. The van der Waals surface area contributed by atoms with Crippen LogP contribution in [0.1, 0.15) is 20.3 Å². The fourth-order valence-electron chi connectivity index (χ4n) is 2.01. The molecule has 136 valence electrons. The minimum absolute atomic E-state index is 0.0967. The average molecular weight is 365 g/mol. The Morgan fingerprint density at radius 3 is 2.29 bits per heavy atom. The highest BCUT2D eigenvalue weighted by atomic mass is 32.2. The first-order valence-corrected chi connectivity index (χ1v) is 8.83. The Bertz CT molecular complexity index is 632. The van der Waals surface area contributed by atoms with Gasteiger partial charge in [-0.3, -0.25) is 4.79 Å². The highest BCUT2D eigenvalue weighted by molar-refractivity contribution is 7.89. The van der Waals surface area contributed by atoms with E-state index < -0.39 is 34.9 Å². The van der Waals surface area contributed by atoms with E-state index in [1.165, 1.54) is 24.3 Å². The van der Waals surface area contributed by atoms with E-state index in [-0.39, 0.29) is 23.1 Å². The third-order valence-electron chi connectivity index (χ3n) is 3.13. The van der Waals surface area contributed by atoms with E-state index in [0.717, 1.165) is 0 Å². The second-order valence-electron chi connectivity index (χ2n) is 5.69. The number of rotatable bonds is 10. The van der Waals surface area contributed by atoms with Crippen LogP contribution in [0.4, 0.5) is 8.78 Å². The van der Waals surface area contributed by atoms with E-state index in [4.69, 9.17) is 9.84 Å². The van der Waals surface area contributed by atoms with Gasteiger partial charge in [0.1, 0.15) is 12.4 Å². The number of sulfonamides is 1. The molecule has 0 bridgehead atoms. The van der Waals surface area contributed by atoms with Gasteiger partial charge >= 0.3 is 5.97 Å². The maximum atomic E-state index is 12.2. The number of carbonyl (C=O) groups is 1. The summed E-state index contributed by atoms with van der Waals surface area (Å²) in [5.41, 5.74) is 0. The van der Waals surface area contributed by atoms with Crippen molar-refractivity contribution in [2.24, 2.45) is 11.8 Å². The molecule has 1 aromatic carbocycles. The van der Waals surface area contributed by atoms with Gasteiger partial charge in [0.2, 0.25) is 10.0 Å². The van der Waals surface area contributed by atoms with Gasteiger partial charge in [-0.1, -0.05) is 13.8 Å². The number of hydrogen-bond donors (Lipinski definition) is 2. The van der Waals surface area contributed by atoms with E-state index in [9.17, 15) is 22.0 Å². The molecule has 1 unspecified atom stereocenters. The molecule has 2 N–H and O–H groups in total. The zero-order valence-electron chi connectivity index (χ0n) is 13.4. The van der Waals surface area contributed by atoms with Crippen molar-refractivity contribution >= 4 is 16.0 Å². The van der Waals surface area contributed by atoms with Crippen LogP contribution in [-0.2, 0) is 14.8 Å². The fraction of sp³-hybridized carbons (Fsp3) is 0.533. The smallest absolute Gasteiger partial charge is 0.307 e. The molecule has 0 radical (unpaired) electrons. The van der Waals surface area contributed by atoms with Gasteiger partial charge in [0.25, 0.3) is 6.43 Å². The number of nitrogens with one attached hydrogen (secondary N) is 1. The third kappa shape index (κ3) is 6.79. The highest BCUT2D eigenvalue weighted by Gasteiger charge is 2.22. The maximum Gasteiger partial charge on any atom is 0.307 e. The van der Waals surface area contributed by atoms with Crippen LogP contribution in [0.5, 0.6) is 5.75 Å². The molecule has 0 aliphatic carbocycles. The normalized spacial score (nSPS) is 13.2. The number of aliphatic carboxylic acids is 1. The summed E-state index contributed by atoms with van der Waals surface area (Å²) >= 11 is 0. The lowest BCUT2D eigenvalue weighted by Gasteiger charge is -2.15. The molecule has 0 aliphatic rings. The Morgan fingerprint density at radius 2 is 1.83 bits per heavy atom. The molecule has 0 aromatic heterocycles. The zero-order valence-corrected chi connectivity index (χ0v) is 14.2. The van der Waals surface area contributed by atoms with Crippen molar-refractivity contribution in [3.05, 3.63) is 24.3 Å². The van der Waals surface area contributed by atoms with Crippen molar-refractivity contribution in [3.63, 3.8) is 0 Å². The van der Waals surface area contributed by atoms with Crippen LogP contribution in [0.2, 0.25) is 0 Å². The minimum Gasteiger partial charge on any atom is -0.488 e. The first-order chi connectivity index (χ1) is 11.1. The van der Waals surface area contributed by atoms with Gasteiger partial charge in [0.15, 0.2) is 0 Å². The van der Waals surface area contributed by atoms with Gasteiger partial charge in [0.05, 0.1) is 10.8 Å². The van der Waals surface area contributed by atoms with E-state index in [1.807, 2.05) is 13.8 Å². The number of hydrogen-bond acceptors (Lipinski definition) is 4. The second-order valence-corrected chi connectivity index (χ2v) is 7.46. The van der Waals surface area contributed by atoms with Crippen molar-refractivity contribution in [2.45, 2.75) is 31.6 Å². The lowest BCUT2D eigenvalue weighted by molar-refractivity contribution is -0.142. The van der Waals surface area contributed by atoms with Gasteiger partial charge < -0.3 is 9.84 Å². The summed E-state index contributed by atoms with van der Waals surface area (Å²) in [5.74, 6) is -1.66. The number of alkyl halides is 2. The number of carboxylic acids is 1. The predicted octanol–water partition coefficient (Wildman–Crippen LogP) is 2.36. The second kappa shape index (κ2) is 8.93. The monoisotopic (exact) mass is 365 g/mol. The summed E-state index contributed by atoms with van der Waals surface area (Å²) in [6.45, 7) is 2.70. The molecule has 0 spiro atoms. The molecule has 0 aliphatic heterocycles. The van der Waals surface area contributed by atoms with Crippen molar-refractivity contribution < 1.29 is 31.8 Å². The van der Waals surface area contributed by atoms with Crippen LogP contribution in [0.25, 0.3) is 0 Å². The largest absolute Gasteiger partial charge is 0.488 e. The van der Waals surface area contributed by atoms with Crippen LogP contribution in [0.3, 0.4) is 0 Å². The zero-order chi connectivity index (χ0) is 18.3. The number of carboxylic acid groups (broad SMARTS) is 1. The van der Waals surface area contributed by atoms with Gasteiger partial charge in [-0.05, 0) is 36.6 Å². The lowest BCUT2D eigenvalue weighted by atomic mass is 9.98. The molecule has 9 heteroatoms. The molecular weight excluding hydrogens is 344 g/mol. The Hall–Kier alpha value is -1.74. The molecule has 0 saturated heterocycles. The molecule has 0 saturated carbocycles. The molecule has 6 nitrogen and oxygen atoms in total. The summed E-state index contributed by atoms with van der Waals surface area (Å²) in [6, 6.07) is 4.95. The molecular formula is C15H21F2NO5S. The number of halogens is 2. The van der Waals surface area contributed by atoms with Crippen molar-refractivity contribution in [1.82, 2.24) is 4.72 Å². The van der Waals surface area contributed by atoms with Crippen LogP contribution in [-0.4, -0.2) is 39.1 Å². The van der Waals surface area contributed by atoms with E-state index in [1.54, 1.807) is 0 Å². The number of ether oxygens (including phenoxy) is 1. The quantitative estimate of drug-likeness (QED) is 0.664. The topological polar surface area (TPSA) is 92.7 Å². The molecule has 0 heterocycles. The minimum atomic E-state index is -3.89. The van der Waals surface area contributed by atoms with E-state index in [0.29, 0.717) is 6.42 Å². The van der Waals surface area contributed by atoms with E-state index >= 15 is 0 Å². The molecule has 1 aromatic rings. The first-order valence-electron chi connectivity index (χ1n) is 7.35. The Kier molecular flexibility index (Phi) is 7.56. The summed E-state index contributed by atoms with van der Waals surface area (Å²) in [6.07, 6.45) is -2.28. The summed E-state index contributed by atoms with van der Waals surface area (Å²) in [5, 5.41) is 9.12. The molecule has 1 rings (SSSR count). The van der Waals surface area contributed by atoms with Crippen LogP contribution < -0.4 is 9.46 Å². The van der Waals surface area contributed by atoms with Gasteiger partial charge in [-0.25, -0.2) is 21.9 Å². The molecule has 0 fully saturated rings. The number of benzene rings is 1. The molecule has 1 atom stereocenters. The van der Waals surface area contributed by atoms with Crippen LogP contribution in [0.15, 0.2) is 29.2 Å². The van der Waals surface area contributed by atoms with Crippen molar-refractivity contribution in [3.8, 4) is 5.75 Å². The van der Waals surface area contributed by atoms with Crippen molar-refractivity contribution in [2.75, 3.05) is 13.2 Å². The fourth-order valence-corrected chi connectivity index (χ4v) is 3.09. The summed E-state index contributed by atoms with van der Waals surface area (Å²) in [4.78, 5) is 11.1. The maximum absolute atomic E-state index is 12.2. The van der Waals surface area contributed by atoms with Crippen LogP contribution in [0, 0.1) is 11.8 Å². The Morgan fingerprint density at radius 1 is 1.25 bits per heavy atom. The predicted molar refractivity (Wildman–Crippen MR) is 83.7 cm³/mol. The summed E-state index contributed by atoms with van der Waals surface area (Å²) < 4.78 is 55.4. The third-order valence-corrected chi connectivity index (χ3v) is 4.57. The van der Waals surface area contributed by atoms with Crippen LogP contribution >= 0.6 is 0 Å². The van der Waals surface area contributed by atoms with E-state index in [2.05, 4.69) is 4.72 Å². The van der Waals surface area contributed by atoms with Gasteiger partial charge in [0, 0.05) is 6.54 Å². The Labute approximate surface area is 139 Å². The average Bonchev–Trinajstić information content (AvgIpc) is 2.49. The standard InChI is InChI=1S/C15H21F2NO5S/c1-10(2)7-11(15(19)20)8-18-24(21,22)13-5-3-12(4-6-13)23-9-14(16)17/h3-6,10-11,14,18H,7-9H2,1-2H3,(H,19,20). The molecule has 24 heavy (non-hydrogen) atoms.